The Balaban J connectivity index is 1.46. The Bertz CT molecular complexity index is 1070. The van der Waals surface area contributed by atoms with E-state index in [1.807, 2.05) is 82.3 Å². The van der Waals surface area contributed by atoms with Crippen molar-refractivity contribution in [2.75, 3.05) is 6.54 Å². The van der Waals surface area contributed by atoms with E-state index in [0.717, 1.165) is 17.5 Å². The highest BCUT2D eigenvalue weighted by molar-refractivity contribution is 8.01. The number of rotatable bonds is 8. The standard InChI is InChI=1S/C27H33N3O3S/c1-17(2)16-21(23(31)28-15-14-18-10-6-5-7-11-18)29-24(32)22-27(3,4)34-26-20-13-9-8-12-19(20)25(33)30(22)26/h5-13,17,21-22,26H,14-16H2,1-4H3,(H,28,31)(H,29,32). The van der Waals surface area contributed by atoms with Crippen LogP contribution in [0.1, 0.15) is 61.0 Å². The van der Waals surface area contributed by atoms with Crippen molar-refractivity contribution >= 4 is 29.5 Å². The Labute approximate surface area is 205 Å². The second kappa shape index (κ2) is 9.82. The second-order valence-corrected chi connectivity index (χ2v) is 11.7. The van der Waals surface area contributed by atoms with Crippen LogP contribution in [-0.4, -0.2) is 46.0 Å². The van der Waals surface area contributed by atoms with Crippen LogP contribution in [0.3, 0.4) is 0 Å². The molecule has 0 saturated carbocycles. The summed E-state index contributed by atoms with van der Waals surface area (Å²) in [7, 11) is 0. The summed E-state index contributed by atoms with van der Waals surface area (Å²) >= 11 is 1.63. The van der Waals surface area contributed by atoms with Gasteiger partial charge in [0.1, 0.15) is 17.5 Å². The van der Waals surface area contributed by atoms with E-state index in [9.17, 15) is 14.4 Å². The summed E-state index contributed by atoms with van der Waals surface area (Å²) in [6.45, 7) is 8.55. The quantitative estimate of drug-likeness (QED) is 0.602. The maximum atomic E-state index is 13.6. The molecule has 34 heavy (non-hydrogen) atoms. The zero-order valence-corrected chi connectivity index (χ0v) is 21.0. The van der Waals surface area contributed by atoms with Crippen molar-refractivity contribution in [2.45, 2.75) is 62.7 Å². The number of hydrogen-bond acceptors (Lipinski definition) is 4. The minimum absolute atomic E-state index is 0.119. The van der Waals surface area contributed by atoms with Crippen LogP contribution < -0.4 is 10.6 Å². The Morgan fingerprint density at radius 3 is 2.44 bits per heavy atom. The minimum atomic E-state index is -0.658. The topological polar surface area (TPSA) is 78.5 Å². The number of thioether (sulfide) groups is 1. The number of carbonyl (C=O) groups is 3. The van der Waals surface area contributed by atoms with Gasteiger partial charge in [-0.15, -0.1) is 11.8 Å². The van der Waals surface area contributed by atoms with Crippen molar-refractivity contribution < 1.29 is 14.4 Å². The van der Waals surface area contributed by atoms with Crippen LogP contribution >= 0.6 is 11.8 Å². The molecule has 1 saturated heterocycles. The predicted octanol–water partition coefficient (Wildman–Crippen LogP) is 3.92. The highest BCUT2D eigenvalue weighted by Crippen LogP contribution is 2.56. The van der Waals surface area contributed by atoms with Crippen LogP contribution in [-0.2, 0) is 16.0 Å². The van der Waals surface area contributed by atoms with Gasteiger partial charge >= 0.3 is 0 Å². The highest BCUT2D eigenvalue weighted by atomic mass is 32.2. The molecule has 3 amide bonds. The molecule has 0 aliphatic carbocycles. The zero-order chi connectivity index (χ0) is 24.5. The predicted molar refractivity (Wildman–Crippen MR) is 135 cm³/mol. The van der Waals surface area contributed by atoms with E-state index in [0.29, 0.717) is 18.5 Å². The van der Waals surface area contributed by atoms with Crippen LogP contribution in [0.15, 0.2) is 54.6 Å². The lowest BCUT2D eigenvalue weighted by Crippen LogP contribution is -2.57. The maximum absolute atomic E-state index is 13.6. The summed E-state index contributed by atoms with van der Waals surface area (Å²) in [6.07, 6.45) is 1.25. The molecule has 3 unspecified atom stereocenters. The number of fused-ring (bicyclic) bond motifs is 3. The first-order valence-corrected chi connectivity index (χ1v) is 12.8. The lowest BCUT2D eigenvalue weighted by molar-refractivity contribution is -0.132. The maximum Gasteiger partial charge on any atom is 0.256 e. The van der Waals surface area contributed by atoms with E-state index in [-0.39, 0.29) is 29.0 Å². The molecule has 2 N–H and O–H groups in total. The molecule has 7 heteroatoms. The number of carbonyl (C=O) groups excluding carboxylic acids is 3. The molecule has 6 nitrogen and oxygen atoms in total. The third kappa shape index (κ3) is 4.85. The first kappa shape index (κ1) is 24.3. The molecule has 2 aromatic rings. The fourth-order valence-corrected chi connectivity index (χ4v) is 6.44. The molecule has 1 fully saturated rings. The van der Waals surface area contributed by atoms with Gasteiger partial charge in [-0.05, 0) is 49.8 Å². The normalized spacial score (nSPS) is 21.2. The van der Waals surface area contributed by atoms with Gasteiger partial charge < -0.3 is 15.5 Å². The molecule has 0 spiro atoms. The Morgan fingerprint density at radius 2 is 1.74 bits per heavy atom. The smallest absolute Gasteiger partial charge is 0.256 e. The molecule has 0 radical (unpaired) electrons. The fourth-order valence-electron chi connectivity index (χ4n) is 4.86. The van der Waals surface area contributed by atoms with E-state index >= 15 is 0 Å². The average Bonchev–Trinajstić information content (AvgIpc) is 3.22. The third-order valence-corrected chi connectivity index (χ3v) is 7.98. The van der Waals surface area contributed by atoms with Gasteiger partial charge in [-0.1, -0.05) is 62.4 Å². The lowest BCUT2D eigenvalue weighted by atomic mass is 9.98. The molecule has 2 heterocycles. The summed E-state index contributed by atoms with van der Waals surface area (Å²) in [6, 6.07) is 16.2. The summed E-state index contributed by atoms with van der Waals surface area (Å²) in [5.74, 6) is -0.354. The summed E-state index contributed by atoms with van der Waals surface area (Å²) in [5.41, 5.74) is 2.76. The molecule has 4 rings (SSSR count). The molecular weight excluding hydrogens is 446 g/mol. The van der Waals surface area contributed by atoms with Crippen LogP contribution in [0.5, 0.6) is 0 Å². The fraction of sp³-hybridized carbons (Fsp3) is 0.444. The van der Waals surface area contributed by atoms with Crippen LogP contribution in [0.2, 0.25) is 0 Å². The van der Waals surface area contributed by atoms with E-state index in [1.165, 1.54) is 0 Å². The Kier molecular flexibility index (Phi) is 7.03. The molecule has 3 atom stereocenters. The van der Waals surface area contributed by atoms with Crippen molar-refractivity contribution in [1.29, 1.82) is 0 Å². The SMILES string of the molecule is CC(C)CC(NC(=O)C1N2C(=O)c3ccccc3C2SC1(C)C)C(=O)NCCc1ccccc1. The number of amides is 3. The van der Waals surface area contributed by atoms with Crippen molar-refractivity contribution in [3.05, 3.63) is 71.3 Å². The van der Waals surface area contributed by atoms with Crippen LogP contribution in [0.25, 0.3) is 0 Å². The van der Waals surface area contributed by atoms with Crippen molar-refractivity contribution in [1.82, 2.24) is 15.5 Å². The largest absolute Gasteiger partial charge is 0.354 e. The second-order valence-electron chi connectivity index (χ2n) is 9.99. The van der Waals surface area contributed by atoms with Crippen molar-refractivity contribution in [2.24, 2.45) is 5.92 Å². The van der Waals surface area contributed by atoms with Gasteiger partial charge in [-0.2, -0.15) is 0 Å². The number of nitrogens with one attached hydrogen (secondary N) is 2. The molecule has 0 aromatic heterocycles. The molecule has 180 valence electrons. The van der Waals surface area contributed by atoms with Gasteiger partial charge in [0.2, 0.25) is 11.8 Å². The molecule has 2 aromatic carbocycles. The molecular formula is C27H33N3O3S. The van der Waals surface area contributed by atoms with Crippen molar-refractivity contribution in [3.63, 3.8) is 0 Å². The summed E-state index contributed by atoms with van der Waals surface area (Å²) in [4.78, 5) is 41.5. The first-order chi connectivity index (χ1) is 16.2. The van der Waals surface area contributed by atoms with Gasteiger partial charge in [0.15, 0.2) is 0 Å². The molecule has 2 aliphatic rings. The average molecular weight is 480 g/mol. The number of hydrogen-bond donors (Lipinski definition) is 2. The third-order valence-electron chi connectivity index (χ3n) is 6.44. The Morgan fingerprint density at radius 1 is 1.06 bits per heavy atom. The lowest BCUT2D eigenvalue weighted by Gasteiger charge is -2.31. The van der Waals surface area contributed by atoms with Gasteiger partial charge in [0.25, 0.3) is 5.91 Å². The summed E-state index contributed by atoms with van der Waals surface area (Å²) in [5, 5.41) is 5.80. The summed E-state index contributed by atoms with van der Waals surface area (Å²) < 4.78 is -0.482. The Hall–Kier alpha value is -2.80. The zero-order valence-electron chi connectivity index (χ0n) is 20.2. The molecule has 0 bridgehead atoms. The van der Waals surface area contributed by atoms with Gasteiger partial charge in [0, 0.05) is 16.9 Å². The van der Waals surface area contributed by atoms with E-state index < -0.39 is 16.8 Å². The van der Waals surface area contributed by atoms with Crippen LogP contribution in [0, 0.1) is 5.92 Å². The van der Waals surface area contributed by atoms with E-state index in [1.54, 1.807) is 16.7 Å². The number of benzene rings is 2. The minimum Gasteiger partial charge on any atom is -0.354 e. The highest BCUT2D eigenvalue weighted by Gasteiger charge is 2.57. The van der Waals surface area contributed by atoms with Crippen LogP contribution in [0.4, 0.5) is 0 Å². The molecule has 2 aliphatic heterocycles. The first-order valence-electron chi connectivity index (χ1n) is 11.9. The van der Waals surface area contributed by atoms with Gasteiger partial charge in [-0.3, -0.25) is 14.4 Å². The van der Waals surface area contributed by atoms with E-state index in [4.69, 9.17) is 0 Å². The van der Waals surface area contributed by atoms with Gasteiger partial charge in [0.05, 0.1) is 0 Å². The monoisotopic (exact) mass is 479 g/mol. The number of nitrogens with zero attached hydrogens (tertiary/aromatic N) is 1. The van der Waals surface area contributed by atoms with E-state index in [2.05, 4.69) is 10.6 Å². The van der Waals surface area contributed by atoms with Crippen molar-refractivity contribution in [3.8, 4) is 0 Å². The van der Waals surface area contributed by atoms with Gasteiger partial charge in [-0.25, -0.2) is 0 Å².